The highest BCUT2D eigenvalue weighted by atomic mass is 35.5. The lowest BCUT2D eigenvalue weighted by atomic mass is 10.2. The van der Waals surface area contributed by atoms with Crippen LogP contribution in [-0.4, -0.2) is 20.7 Å². The van der Waals surface area contributed by atoms with Crippen LogP contribution in [0, 0.1) is 13.8 Å². The summed E-state index contributed by atoms with van der Waals surface area (Å²) >= 11 is 11.6. The summed E-state index contributed by atoms with van der Waals surface area (Å²) in [6.45, 7) is 4.10. The van der Waals surface area contributed by atoms with E-state index in [1.165, 1.54) is 12.3 Å². The maximum atomic E-state index is 12.0. The minimum atomic E-state index is -0.506. The van der Waals surface area contributed by atoms with Gasteiger partial charge in [0.25, 0.3) is 0 Å². The van der Waals surface area contributed by atoms with Gasteiger partial charge in [0, 0.05) is 11.9 Å². The van der Waals surface area contributed by atoms with Crippen molar-refractivity contribution in [2.75, 3.05) is 0 Å². The third kappa shape index (κ3) is 4.00. The molecule has 0 radical (unpaired) electrons. The molecule has 0 aliphatic rings. The Morgan fingerprint density at radius 2 is 1.88 bits per heavy atom. The zero-order chi connectivity index (χ0) is 18.0. The number of ether oxygens (including phenoxy) is 1. The van der Waals surface area contributed by atoms with Crippen LogP contribution >= 0.6 is 23.2 Å². The summed E-state index contributed by atoms with van der Waals surface area (Å²) in [5, 5.41) is 4.80. The van der Waals surface area contributed by atoms with E-state index in [0.717, 1.165) is 22.6 Å². The number of aromatic nitrogens is 3. The van der Waals surface area contributed by atoms with Crippen molar-refractivity contribution in [3.8, 4) is 5.69 Å². The normalized spacial score (nSPS) is 10.7. The lowest BCUT2D eigenvalue weighted by molar-refractivity contribution is 0.0472. The molecule has 0 N–H and O–H groups in total. The van der Waals surface area contributed by atoms with E-state index in [-0.39, 0.29) is 22.3 Å². The number of aryl methyl sites for hydroxylation is 2. The number of halogens is 2. The summed E-state index contributed by atoms with van der Waals surface area (Å²) < 4.78 is 7.15. The topological polar surface area (TPSA) is 57.0 Å². The van der Waals surface area contributed by atoms with E-state index in [2.05, 4.69) is 10.1 Å². The zero-order valence-corrected chi connectivity index (χ0v) is 15.2. The Balaban J connectivity index is 1.66. The first-order valence-electron chi connectivity index (χ1n) is 7.55. The molecule has 3 aromatic rings. The van der Waals surface area contributed by atoms with Crippen molar-refractivity contribution in [3.05, 3.63) is 75.3 Å². The van der Waals surface area contributed by atoms with Crippen molar-refractivity contribution in [1.82, 2.24) is 14.8 Å². The second-order valence-corrected chi connectivity index (χ2v) is 6.34. The number of carbonyl (C=O) groups is 1. The van der Waals surface area contributed by atoms with E-state index < -0.39 is 5.97 Å². The molecule has 1 aromatic carbocycles. The van der Waals surface area contributed by atoms with Crippen molar-refractivity contribution >= 4 is 29.2 Å². The summed E-state index contributed by atoms with van der Waals surface area (Å²) in [5.41, 5.74) is 4.10. The number of hydrogen-bond donors (Lipinski definition) is 0. The molecular weight excluding hydrogens is 361 g/mol. The fourth-order valence-electron chi connectivity index (χ4n) is 2.39. The van der Waals surface area contributed by atoms with Crippen LogP contribution in [0.3, 0.4) is 0 Å². The molecule has 25 heavy (non-hydrogen) atoms. The molecule has 3 rings (SSSR count). The molecule has 0 aliphatic carbocycles. The van der Waals surface area contributed by atoms with Crippen LogP contribution in [0.4, 0.5) is 0 Å². The lowest BCUT2D eigenvalue weighted by Gasteiger charge is -2.08. The molecule has 0 bridgehead atoms. The number of benzene rings is 1. The number of pyridine rings is 1. The number of rotatable bonds is 4. The van der Waals surface area contributed by atoms with Crippen LogP contribution in [0.1, 0.15) is 27.3 Å². The Morgan fingerprint density at radius 1 is 1.16 bits per heavy atom. The first-order valence-corrected chi connectivity index (χ1v) is 8.30. The largest absolute Gasteiger partial charge is 0.457 e. The fourth-order valence-corrected chi connectivity index (χ4v) is 2.66. The van der Waals surface area contributed by atoms with Crippen molar-refractivity contribution in [1.29, 1.82) is 0 Å². The van der Waals surface area contributed by atoms with Gasteiger partial charge >= 0.3 is 5.97 Å². The van der Waals surface area contributed by atoms with E-state index in [1.807, 2.05) is 48.9 Å². The number of hydrogen-bond acceptors (Lipinski definition) is 4. The van der Waals surface area contributed by atoms with Crippen LogP contribution in [0.2, 0.25) is 10.2 Å². The first kappa shape index (κ1) is 17.5. The van der Waals surface area contributed by atoms with Gasteiger partial charge in [-0.15, -0.1) is 0 Å². The average Bonchev–Trinajstić information content (AvgIpc) is 2.94. The third-order valence-electron chi connectivity index (χ3n) is 3.59. The molecule has 0 aliphatic heterocycles. The smallest absolute Gasteiger partial charge is 0.340 e. The number of nitrogens with zero attached hydrogens (tertiary/aromatic N) is 3. The molecule has 128 valence electrons. The second kappa shape index (κ2) is 7.25. The molecule has 0 unspecified atom stereocenters. The predicted molar refractivity (Wildman–Crippen MR) is 96.4 cm³/mol. The SMILES string of the molecule is Cc1cc(C)n(-c2ccc(COC(=O)c3cnc(Cl)c(Cl)c3)cc2)n1. The third-order valence-corrected chi connectivity index (χ3v) is 4.28. The first-order chi connectivity index (χ1) is 11.9. The lowest BCUT2D eigenvalue weighted by Crippen LogP contribution is -2.06. The Morgan fingerprint density at radius 3 is 2.48 bits per heavy atom. The maximum absolute atomic E-state index is 12.0. The van der Waals surface area contributed by atoms with Crippen LogP contribution < -0.4 is 0 Å². The molecule has 0 saturated heterocycles. The van der Waals surface area contributed by atoms with Gasteiger partial charge in [0.1, 0.15) is 11.8 Å². The van der Waals surface area contributed by atoms with E-state index >= 15 is 0 Å². The molecule has 0 saturated carbocycles. The van der Waals surface area contributed by atoms with Crippen LogP contribution in [-0.2, 0) is 11.3 Å². The molecule has 0 spiro atoms. The number of carbonyl (C=O) groups excluding carboxylic acids is 1. The van der Waals surface area contributed by atoms with Gasteiger partial charge in [-0.1, -0.05) is 35.3 Å². The second-order valence-electron chi connectivity index (χ2n) is 5.58. The van der Waals surface area contributed by atoms with Gasteiger partial charge in [-0.2, -0.15) is 5.10 Å². The number of esters is 1. The van der Waals surface area contributed by atoms with Gasteiger partial charge in [-0.3, -0.25) is 0 Å². The van der Waals surface area contributed by atoms with E-state index in [0.29, 0.717) is 0 Å². The average molecular weight is 376 g/mol. The van der Waals surface area contributed by atoms with E-state index in [1.54, 1.807) is 0 Å². The highest BCUT2D eigenvalue weighted by molar-refractivity contribution is 6.41. The van der Waals surface area contributed by atoms with Crippen molar-refractivity contribution in [2.24, 2.45) is 0 Å². The minimum absolute atomic E-state index is 0.149. The molecule has 2 heterocycles. The quantitative estimate of drug-likeness (QED) is 0.495. The standard InChI is InChI=1S/C18H15Cl2N3O2/c1-11-7-12(2)23(22-11)15-5-3-13(4-6-15)10-25-18(24)14-8-16(19)17(20)21-9-14/h3-9H,10H2,1-2H3. The van der Waals surface area contributed by atoms with Gasteiger partial charge in [0.05, 0.1) is 22.0 Å². The molecule has 5 nitrogen and oxygen atoms in total. The van der Waals surface area contributed by atoms with Crippen molar-refractivity contribution in [2.45, 2.75) is 20.5 Å². The zero-order valence-electron chi connectivity index (χ0n) is 13.7. The van der Waals surface area contributed by atoms with Gasteiger partial charge in [-0.25, -0.2) is 14.5 Å². The summed E-state index contributed by atoms with van der Waals surface area (Å²) in [6.07, 6.45) is 1.34. The van der Waals surface area contributed by atoms with E-state index in [4.69, 9.17) is 27.9 Å². The highest BCUT2D eigenvalue weighted by Crippen LogP contribution is 2.20. The van der Waals surface area contributed by atoms with Crippen molar-refractivity contribution < 1.29 is 9.53 Å². The van der Waals surface area contributed by atoms with E-state index in [9.17, 15) is 4.79 Å². The Hall–Kier alpha value is -2.37. The highest BCUT2D eigenvalue weighted by Gasteiger charge is 2.11. The Labute approximate surface area is 155 Å². The summed E-state index contributed by atoms with van der Waals surface area (Å²) in [4.78, 5) is 15.9. The van der Waals surface area contributed by atoms with Crippen LogP contribution in [0.15, 0.2) is 42.6 Å². The summed E-state index contributed by atoms with van der Waals surface area (Å²) in [6, 6.07) is 11.1. The molecule has 7 heteroatoms. The van der Waals surface area contributed by atoms with Gasteiger partial charge in [0.15, 0.2) is 0 Å². The monoisotopic (exact) mass is 375 g/mol. The minimum Gasteiger partial charge on any atom is -0.457 e. The van der Waals surface area contributed by atoms with Crippen molar-refractivity contribution in [3.63, 3.8) is 0 Å². The Bertz CT molecular complexity index is 921. The molecule has 2 aromatic heterocycles. The maximum Gasteiger partial charge on any atom is 0.340 e. The van der Waals surface area contributed by atoms with Crippen LogP contribution in [0.25, 0.3) is 5.69 Å². The Kier molecular flexibility index (Phi) is 5.06. The van der Waals surface area contributed by atoms with Crippen LogP contribution in [0.5, 0.6) is 0 Å². The predicted octanol–water partition coefficient (Wildman–Crippen LogP) is 4.55. The van der Waals surface area contributed by atoms with Gasteiger partial charge < -0.3 is 4.74 Å². The summed E-state index contributed by atoms with van der Waals surface area (Å²) in [5.74, 6) is -0.506. The van der Waals surface area contributed by atoms with Gasteiger partial charge in [-0.05, 0) is 43.7 Å². The molecule has 0 atom stereocenters. The summed E-state index contributed by atoms with van der Waals surface area (Å²) in [7, 11) is 0. The van der Waals surface area contributed by atoms with Gasteiger partial charge in [0.2, 0.25) is 0 Å². The molecule has 0 fully saturated rings. The molecule has 0 amide bonds. The fraction of sp³-hybridized carbons (Fsp3) is 0.167. The molecular formula is C18H15Cl2N3O2.